The summed E-state index contributed by atoms with van der Waals surface area (Å²) in [6, 6.07) is 11.4. The minimum absolute atomic E-state index is 0.309. The Morgan fingerprint density at radius 2 is 1.67 bits per heavy atom. The maximum absolute atomic E-state index is 13.4. The molecule has 0 bridgehead atoms. The first kappa shape index (κ1) is 14.9. The number of benzene rings is 2. The molecule has 6 heteroatoms. The largest absolute Gasteiger partial charge is 0.386 e. The van der Waals surface area contributed by atoms with E-state index in [1.807, 2.05) is 0 Å². The van der Waals surface area contributed by atoms with Crippen LogP contribution in [0.2, 0.25) is 0 Å². The van der Waals surface area contributed by atoms with Gasteiger partial charge < -0.3 is 15.7 Å². The molecule has 21 heavy (non-hydrogen) atoms. The molecule has 0 aliphatic rings. The lowest BCUT2D eigenvalue weighted by molar-refractivity contribution is 0.166. The van der Waals surface area contributed by atoms with Crippen molar-refractivity contribution in [2.45, 2.75) is 6.10 Å². The van der Waals surface area contributed by atoms with Gasteiger partial charge in [-0.2, -0.15) is 0 Å². The summed E-state index contributed by atoms with van der Waals surface area (Å²) in [5.74, 6) is -1.71. The second kappa shape index (κ2) is 6.81. The summed E-state index contributed by atoms with van der Waals surface area (Å²) in [4.78, 5) is 11.6. The van der Waals surface area contributed by atoms with E-state index in [-0.39, 0.29) is 6.54 Å². The van der Waals surface area contributed by atoms with Crippen molar-refractivity contribution >= 4 is 11.7 Å². The van der Waals surface area contributed by atoms with E-state index in [1.165, 1.54) is 6.07 Å². The van der Waals surface area contributed by atoms with Gasteiger partial charge in [0.25, 0.3) is 0 Å². The Morgan fingerprint density at radius 3 is 2.29 bits per heavy atom. The molecule has 3 N–H and O–H groups in total. The van der Waals surface area contributed by atoms with Crippen molar-refractivity contribution in [3.05, 3.63) is 65.7 Å². The number of aliphatic hydroxyl groups excluding tert-OH is 1. The Bertz CT molecular complexity index is 600. The fourth-order valence-corrected chi connectivity index (χ4v) is 1.82. The highest BCUT2D eigenvalue weighted by molar-refractivity contribution is 5.89. The molecule has 2 aromatic rings. The summed E-state index contributed by atoms with van der Waals surface area (Å²) >= 11 is 0. The average molecular weight is 292 g/mol. The summed E-state index contributed by atoms with van der Waals surface area (Å²) in [6.07, 6.45) is -1.47. The number of anilines is 1. The number of hydrogen-bond donors (Lipinski definition) is 3. The fourth-order valence-electron chi connectivity index (χ4n) is 1.82. The monoisotopic (exact) mass is 292 g/mol. The van der Waals surface area contributed by atoms with Gasteiger partial charge in [0.05, 0.1) is 5.56 Å². The number of hydrogen-bond acceptors (Lipinski definition) is 2. The van der Waals surface area contributed by atoms with Crippen molar-refractivity contribution in [3.63, 3.8) is 0 Å². The van der Waals surface area contributed by atoms with Gasteiger partial charge in [0.2, 0.25) is 0 Å². The Morgan fingerprint density at radius 1 is 1.05 bits per heavy atom. The van der Waals surface area contributed by atoms with Gasteiger partial charge in [-0.25, -0.2) is 13.6 Å². The second-order valence-corrected chi connectivity index (χ2v) is 4.35. The summed E-state index contributed by atoms with van der Waals surface area (Å²) in [6.45, 7) is -0.309. The molecule has 0 saturated heterocycles. The zero-order valence-electron chi connectivity index (χ0n) is 11.0. The molecule has 0 spiro atoms. The van der Waals surface area contributed by atoms with Crippen LogP contribution < -0.4 is 10.6 Å². The summed E-state index contributed by atoms with van der Waals surface area (Å²) < 4.78 is 26.9. The topological polar surface area (TPSA) is 61.4 Å². The van der Waals surface area contributed by atoms with Crippen molar-refractivity contribution in [2.75, 3.05) is 11.9 Å². The van der Waals surface area contributed by atoms with E-state index in [2.05, 4.69) is 10.6 Å². The lowest BCUT2D eigenvalue weighted by Gasteiger charge is -2.14. The highest BCUT2D eigenvalue weighted by Gasteiger charge is 2.18. The molecule has 1 atom stereocenters. The summed E-state index contributed by atoms with van der Waals surface area (Å²) in [5, 5.41) is 14.7. The van der Waals surface area contributed by atoms with Crippen LogP contribution in [0.15, 0.2) is 48.5 Å². The van der Waals surface area contributed by atoms with E-state index in [0.717, 1.165) is 12.1 Å². The zero-order valence-corrected chi connectivity index (χ0v) is 11.0. The number of para-hydroxylation sites is 1. The summed E-state index contributed by atoms with van der Waals surface area (Å²) in [5.41, 5.74) is 0.110. The molecule has 2 amide bonds. The number of amides is 2. The molecule has 0 aliphatic carbocycles. The van der Waals surface area contributed by atoms with Gasteiger partial charge in [-0.1, -0.05) is 24.3 Å². The third kappa shape index (κ3) is 4.00. The molecular weight excluding hydrogens is 278 g/mol. The van der Waals surface area contributed by atoms with Crippen LogP contribution in [-0.2, 0) is 0 Å². The summed E-state index contributed by atoms with van der Waals surface area (Å²) in [7, 11) is 0. The maximum Gasteiger partial charge on any atom is 0.319 e. The molecule has 0 saturated carbocycles. The maximum atomic E-state index is 13.4. The number of halogens is 2. The van der Waals surface area contributed by atoms with Crippen LogP contribution in [0.5, 0.6) is 0 Å². The molecule has 0 heterocycles. The van der Waals surface area contributed by atoms with E-state index in [1.54, 1.807) is 30.3 Å². The molecule has 0 aliphatic heterocycles. The lowest BCUT2D eigenvalue weighted by atomic mass is 10.1. The second-order valence-electron chi connectivity index (χ2n) is 4.35. The van der Waals surface area contributed by atoms with Crippen molar-refractivity contribution in [1.29, 1.82) is 0 Å². The highest BCUT2D eigenvalue weighted by Crippen LogP contribution is 2.19. The minimum atomic E-state index is -1.47. The predicted octanol–water partition coefficient (Wildman–Crippen LogP) is 2.82. The average Bonchev–Trinajstić information content (AvgIpc) is 2.46. The number of aliphatic hydroxyl groups is 1. The van der Waals surface area contributed by atoms with Crippen molar-refractivity contribution in [2.24, 2.45) is 0 Å². The van der Waals surface area contributed by atoms with Crippen LogP contribution in [0.25, 0.3) is 0 Å². The van der Waals surface area contributed by atoms with Gasteiger partial charge in [0.1, 0.15) is 17.7 Å². The van der Waals surface area contributed by atoms with Gasteiger partial charge in [-0.3, -0.25) is 0 Å². The number of rotatable bonds is 4. The van der Waals surface area contributed by atoms with E-state index in [0.29, 0.717) is 5.69 Å². The SMILES string of the molecule is O=C(NCC(O)c1c(F)cccc1F)Nc1ccccc1. The Labute approximate surface area is 120 Å². The molecule has 4 nitrogen and oxygen atoms in total. The van der Waals surface area contributed by atoms with Gasteiger partial charge in [0, 0.05) is 12.2 Å². The molecule has 1 unspecified atom stereocenters. The molecule has 0 radical (unpaired) electrons. The molecule has 0 aromatic heterocycles. The van der Waals surface area contributed by atoms with E-state index in [4.69, 9.17) is 0 Å². The van der Waals surface area contributed by atoms with Gasteiger partial charge >= 0.3 is 6.03 Å². The molecular formula is C15H14F2N2O2. The Hall–Kier alpha value is -2.47. The van der Waals surface area contributed by atoms with Gasteiger partial charge in [0.15, 0.2) is 0 Å². The molecule has 2 rings (SSSR count). The molecule has 0 fully saturated rings. The number of urea groups is 1. The highest BCUT2D eigenvalue weighted by atomic mass is 19.1. The number of carbonyl (C=O) groups is 1. The first-order valence-corrected chi connectivity index (χ1v) is 6.30. The normalized spacial score (nSPS) is 11.8. The first-order chi connectivity index (χ1) is 10.1. The van der Waals surface area contributed by atoms with E-state index < -0.39 is 29.3 Å². The van der Waals surface area contributed by atoms with E-state index in [9.17, 15) is 18.7 Å². The third-order valence-electron chi connectivity index (χ3n) is 2.82. The van der Waals surface area contributed by atoms with Crippen molar-refractivity contribution in [3.8, 4) is 0 Å². The van der Waals surface area contributed by atoms with Gasteiger partial charge in [-0.05, 0) is 24.3 Å². The first-order valence-electron chi connectivity index (χ1n) is 6.30. The lowest BCUT2D eigenvalue weighted by Crippen LogP contribution is -2.32. The quantitative estimate of drug-likeness (QED) is 0.811. The number of nitrogens with one attached hydrogen (secondary N) is 2. The third-order valence-corrected chi connectivity index (χ3v) is 2.82. The minimum Gasteiger partial charge on any atom is -0.386 e. The van der Waals surface area contributed by atoms with Crippen molar-refractivity contribution < 1.29 is 18.7 Å². The van der Waals surface area contributed by atoms with E-state index >= 15 is 0 Å². The van der Waals surface area contributed by atoms with Crippen LogP contribution in [0, 0.1) is 11.6 Å². The van der Waals surface area contributed by atoms with Crippen LogP contribution >= 0.6 is 0 Å². The zero-order chi connectivity index (χ0) is 15.2. The Balaban J connectivity index is 1.92. The number of carbonyl (C=O) groups excluding carboxylic acids is 1. The van der Waals surface area contributed by atoms with Crippen LogP contribution in [0.1, 0.15) is 11.7 Å². The van der Waals surface area contributed by atoms with Crippen LogP contribution in [0.3, 0.4) is 0 Å². The predicted molar refractivity (Wildman–Crippen MR) is 74.8 cm³/mol. The standard InChI is InChI=1S/C15H14F2N2O2/c16-11-7-4-8-12(17)14(11)13(20)9-18-15(21)19-10-5-2-1-3-6-10/h1-8,13,20H,9H2,(H2,18,19,21). The van der Waals surface area contributed by atoms with Gasteiger partial charge in [-0.15, -0.1) is 0 Å². The molecule has 110 valence electrons. The fraction of sp³-hybridized carbons (Fsp3) is 0.133. The molecule has 2 aromatic carbocycles. The van der Waals surface area contributed by atoms with Crippen LogP contribution in [-0.4, -0.2) is 17.7 Å². The van der Waals surface area contributed by atoms with Crippen molar-refractivity contribution in [1.82, 2.24) is 5.32 Å². The van der Waals surface area contributed by atoms with Crippen LogP contribution in [0.4, 0.5) is 19.3 Å². The Kier molecular flexibility index (Phi) is 4.84. The smallest absolute Gasteiger partial charge is 0.319 e.